The summed E-state index contributed by atoms with van der Waals surface area (Å²) in [5.74, 6) is -0.0327. The van der Waals surface area contributed by atoms with Crippen molar-refractivity contribution in [1.29, 1.82) is 0 Å². The highest BCUT2D eigenvalue weighted by molar-refractivity contribution is 7.91. The molecule has 1 aromatic carbocycles. The molecule has 2 rings (SSSR count). The zero-order chi connectivity index (χ0) is 15.7. The molecule has 0 unspecified atom stereocenters. The molecule has 1 saturated heterocycles. The molecule has 1 heterocycles. The van der Waals surface area contributed by atoms with Crippen LogP contribution in [-0.4, -0.2) is 36.4 Å². The number of urea groups is 1. The molecule has 1 atom stereocenters. The molecule has 0 bridgehead atoms. The van der Waals surface area contributed by atoms with Crippen molar-refractivity contribution in [3.05, 3.63) is 34.4 Å². The molecule has 0 aromatic heterocycles. The number of anilines is 1. The van der Waals surface area contributed by atoms with E-state index in [1.165, 1.54) is 24.3 Å². The highest BCUT2D eigenvalue weighted by atomic mass is 32.2. The number of non-ortho nitro benzene ring substituents is 1. The van der Waals surface area contributed by atoms with Crippen molar-refractivity contribution in [3.8, 4) is 0 Å². The van der Waals surface area contributed by atoms with Crippen molar-refractivity contribution in [2.75, 3.05) is 16.8 Å². The molecule has 1 aliphatic heterocycles. The summed E-state index contributed by atoms with van der Waals surface area (Å²) in [5, 5.41) is 15.7. The lowest BCUT2D eigenvalue weighted by molar-refractivity contribution is -0.384. The van der Waals surface area contributed by atoms with Crippen LogP contribution < -0.4 is 10.6 Å². The number of nitro benzene ring substituents is 1. The second kappa shape index (κ2) is 5.32. The van der Waals surface area contributed by atoms with Gasteiger partial charge in [0.2, 0.25) is 0 Å². The van der Waals surface area contributed by atoms with E-state index < -0.39 is 26.3 Å². The summed E-state index contributed by atoms with van der Waals surface area (Å²) in [4.78, 5) is 21.8. The number of sulfone groups is 1. The summed E-state index contributed by atoms with van der Waals surface area (Å²) in [6.45, 7) is 1.67. The van der Waals surface area contributed by atoms with Crippen molar-refractivity contribution in [3.63, 3.8) is 0 Å². The number of amides is 2. The first kappa shape index (κ1) is 15.2. The number of nitrogens with one attached hydrogen (secondary N) is 2. The summed E-state index contributed by atoms with van der Waals surface area (Å²) in [6, 6.07) is 4.83. The standard InChI is InChI=1S/C12H15N3O5S/c1-12(6-7-21(19,20)8-12)14-11(16)13-9-2-4-10(5-3-9)15(17)18/h2-5H,6-8H2,1H3,(H2,13,14,16)/t12-/m1/s1. The number of benzene rings is 1. The fourth-order valence-electron chi connectivity index (χ4n) is 2.21. The predicted molar refractivity (Wildman–Crippen MR) is 76.9 cm³/mol. The summed E-state index contributed by atoms with van der Waals surface area (Å²) < 4.78 is 22.9. The average molecular weight is 313 g/mol. The maximum absolute atomic E-state index is 11.9. The van der Waals surface area contributed by atoms with Crippen molar-refractivity contribution in [1.82, 2.24) is 5.32 Å². The van der Waals surface area contributed by atoms with E-state index in [1.807, 2.05) is 0 Å². The quantitative estimate of drug-likeness (QED) is 0.644. The molecule has 2 N–H and O–H groups in total. The number of nitrogens with zero attached hydrogens (tertiary/aromatic N) is 1. The third-order valence-corrected chi connectivity index (χ3v) is 5.16. The van der Waals surface area contributed by atoms with Gasteiger partial charge in [-0.3, -0.25) is 10.1 Å². The zero-order valence-corrected chi connectivity index (χ0v) is 12.1. The number of nitro groups is 1. The SMILES string of the molecule is C[C@@]1(NC(=O)Nc2ccc([N+](=O)[O-])cc2)CCS(=O)(=O)C1. The Bertz CT molecular complexity index is 671. The lowest BCUT2D eigenvalue weighted by Gasteiger charge is -2.23. The van der Waals surface area contributed by atoms with Crippen LogP contribution in [0.2, 0.25) is 0 Å². The monoisotopic (exact) mass is 313 g/mol. The summed E-state index contributed by atoms with van der Waals surface area (Å²) >= 11 is 0. The molecule has 0 spiro atoms. The molecule has 2 amide bonds. The minimum absolute atomic E-state index is 0.0569. The number of carbonyl (C=O) groups excluding carboxylic acids is 1. The highest BCUT2D eigenvalue weighted by Crippen LogP contribution is 2.23. The van der Waals surface area contributed by atoms with Crippen molar-refractivity contribution < 1.29 is 18.1 Å². The topological polar surface area (TPSA) is 118 Å². The van der Waals surface area contributed by atoms with Gasteiger partial charge in [-0.25, -0.2) is 13.2 Å². The largest absolute Gasteiger partial charge is 0.332 e. The Kier molecular flexibility index (Phi) is 3.86. The molecule has 21 heavy (non-hydrogen) atoms. The van der Waals surface area contributed by atoms with Crippen molar-refractivity contribution in [2.24, 2.45) is 0 Å². The van der Waals surface area contributed by atoms with Crippen LogP contribution >= 0.6 is 0 Å². The third kappa shape index (κ3) is 3.91. The summed E-state index contributed by atoms with van der Waals surface area (Å²) in [6.07, 6.45) is 0.364. The number of hydrogen-bond acceptors (Lipinski definition) is 5. The van der Waals surface area contributed by atoms with Gasteiger partial charge in [-0.05, 0) is 25.5 Å². The maximum atomic E-state index is 11.9. The molecule has 0 aliphatic carbocycles. The fourth-order valence-corrected chi connectivity index (χ4v) is 4.31. The van der Waals surface area contributed by atoms with Gasteiger partial charge in [0.05, 0.1) is 22.0 Å². The van der Waals surface area contributed by atoms with Gasteiger partial charge >= 0.3 is 6.03 Å². The molecule has 1 fully saturated rings. The molecule has 114 valence electrons. The molecule has 1 aliphatic rings. The van der Waals surface area contributed by atoms with Crippen LogP contribution in [0.1, 0.15) is 13.3 Å². The van der Waals surface area contributed by atoms with Gasteiger partial charge in [0, 0.05) is 17.8 Å². The van der Waals surface area contributed by atoms with Crippen molar-refractivity contribution >= 4 is 27.2 Å². The lowest BCUT2D eigenvalue weighted by Crippen LogP contribution is -2.48. The van der Waals surface area contributed by atoms with E-state index in [2.05, 4.69) is 10.6 Å². The van der Waals surface area contributed by atoms with E-state index in [9.17, 15) is 23.3 Å². The molecular formula is C12H15N3O5S. The number of hydrogen-bond donors (Lipinski definition) is 2. The molecule has 9 heteroatoms. The van der Waals surface area contributed by atoms with Crippen LogP contribution in [0.15, 0.2) is 24.3 Å². The van der Waals surface area contributed by atoms with Gasteiger partial charge in [0.25, 0.3) is 5.69 Å². The summed E-state index contributed by atoms with van der Waals surface area (Å²) in [5.41, 5.74) is -0.471. The van der Waals surface area contributed by atoms with Crippen LogP contribution in [0.3, 0.4) is 0 Å². The predicted octanol–water partition coefficient (Wildman–Crippen LogP) is 1.29. The minimum Gasteiger partial charge on any atom is -0.332 e. The first-order valence-electron chi connectivity index (χ1n) is 6.23. The van der Waals surface area contributed by atoms with Crippen LogP contribution in [0, 0.1) is 10.1 Å². The Labute approximate surface area is 121 Å². The molecule has 8 nitrogen and oxygen atoms in total. The molecule has 0 radical (unpaired) electrons. The van der Waals surface area contributed by atoms with Crippen molar-refractivity contribution in [2.45, 2.75) is 18.9 Å². The first-order chi connectivity index (χ1) is 9.69. The first-order valence-corrected chi connectivity index (χ1v) is 8.05. The fraction of sp³-hybridized carbons (Fsp3) is 0.417. The van der Waals surface area contributed by atoms with Crippen LogP contribution in [0.25, 0.3) is 0 Å². The van der Waals surface area contributed by atoms with Gasteiger partial charge in [-0.15, -0.1) is 0 Å². The van der Waals surface area contributed by atoms with Gasteiger partial charge in [-0.2, -0.15) is 0 Å². The van der Waals surface area contributed by atoms with E-state index in [4.69, 9.17) is 0 Å². The van der Waals surface area contributed by atoms with Gasteiger partial charge in [0.1, 0.15) is 0 Å². The lowest BCUT2D eigenvalue weighted by atomic mass is 10.0. The second-order valence-corrected chi connectivity index (χ2v) is 7.47. The smallest absolute Gasteiger partial charge is 0.319 e. The summed E-state index contributed by atoms with van der Waals surface area (Å²) in [7, 11) is -3.11. The normalized spacial score (nSPS) is 23.5. The van der Waals surface area contributed by atoms with E-state index in [0.29, 0.717) is 12.1 Å². The molecule has 1 aromatic rings. The highest BCUT2D eigenvalue weighted by Gasteiger charge is 2.39. The van der Waals surface area contributed by atoms with Crippen LogP contribution in [-0.2, 0) is 9.84 Å². The number of rotatable bonds is 3. The van der Waals surface area contributed by atoms with E-state index in [1.54, 1.807) is 6.92 Å². The van der Waals surface area contributed by atoms with Crippen LogP contribution in [0.4, 0.5) is 16.2 Å². The Hall–Kier alpha value is -2.16. The average Bonchev–Trinajstić information content (AvgIpc) is 2.63. The molecular weight excluding hydrogens is 298 g/mol. The number of carbonyl (C=O) groups is 1. The third-order valence-electron chi connectivity index (χ3n) is 3.25. The van der Waals surface area contributed by atoms with Crippen LogP contribution in [0.5, 0.6) is 0 Å². The maximum Gasteiger partial charge on any atom is 0.319 e. The molecule has 0 saturated carbocycles. The Morgan fingerprint density at radius 2 is 1.95 bits per heavy atom. The van der Waals surface area contributed by atoms with E-state index in [-0.39, 0.29) is 17.2 Å². The zero-order valence-electron chi connectivity index (χ0n) is 11.3. The van der Waals surface area contributed by atoms with Gasteiger partial charge < -0.3 is 10.6 Å². The Morgan fingerprint density at radius 3 is 2.43 bits per heavy atom. The van der Waals surface area contributed by atoms with E-state index in [0.717, 1.165) is 0 Å². The van der Waals surface area contributed by atoms with E-state index >= 15 is 0 Å². The van der Waals surface area contributed by atoms with Gasteiger partial charge in [0.15, 0.2) is 9.84 Å². The Morgan fingerprint density at radius 1 is 1.33 bits per heavy atom. The second-order valence-electron chi connectivity index (χ2n) is 5.29. The minimum atomic E-state index is -3.11. The Balaban J connectivity index is 1.97. The van der Waals surface area contributed by atoms with Gasteiger partial charge in [-0.1, -0.05) is 0 Å².